The second-order valence-electron chi connectivity index (χ2n) is 4.79. The van der Waals surface area contributed by atoms with Crippen LogP contribution in [0.25, 0.3) is 0 Å². The van der Waals surface area contributed by atoms with Crippen LogP contribution in [0.3, 0.4) is 0 Å². The van der Waals surface area contributed by atoms with Crippen LogP contribution in [0.15, 0.2) is 23.1 Å². The Balaban J connectivity index is 2.67. The van der Waals surface area contributed by atoms with Crippen molar-refractivity contribution in [3.05, 3.63) is 18.2 Å². The Morgan fingerprint density at radius 1 is 1.21 bits per heavy atom. The number of nitrogens with one attached hydrogen (secondary N) is 2. The summed E-state index contributed by atoms with van der Waals surface area (Å²) in [5, 5.41) is 10.9. The molecule has 0 aliphatic rings. The minimum Gasteiger partial charge on any atom is -0.493 e. The fourth-order valence-electron chi connectivity index (χ4n) is 1.74. The number of amides is 1. The molecule has 0 aliphatic heterocycles. The van der Waals surface area contributed by atoms with Gasteiger partial charge in [-0.25, -0.2) is 13.1 Å². The van der Waals surface area contributed by atoms with Crippen molar-refractivity contribution in [2.24, 2.45) is 0 Å². The predicted octanol–water partition coefficient (Wildman–Crippen LogP) is -0.0385. The largest absolute Gasteiger partial charge is 0.493 e. The van der Waals surface area contributed by atoms with Crippen LogP contribution in [0.4, 0.5) is 0 Å². The van der Waals surface area contributed by atoms with Gasteiger partial charge in [-0.15, -0.1) is 0 Å². The van der Waals surface area contributed by atoms with E-state index in [0.29, 0.717) is 5.75 Å². The van der Waals surface area contributed by atoms with Crippen molar-refractivity contribution in [2.75, 3.05) is 20.8 Å². The van der Waals surface area contributed by atoms with Gasteiger partial charge in [0.2, 0.25) is 15.9 Å². The van der Waals surface area contributed by atoms with Crippen LogP contribution in [0, 0.1) is 0 Å². The molecule has 1 rings (SSSR count). The number of carbonyl (C=O) groups is 2. The Morgan fingerprint density at radius 2 is 1.83 bits per heavy atom. The van der Waals surface area contributed by atoms with Crippen molar-refractivity contribution in [3.63, 3.8) is 0 Å². The van der Waals surface area contributed by atoms with Crippen molar-refractivity contribution in [2.45, 2.75) is 24.3 Å². The van der Waals surface area contributed by atoms with Crippen molar-refractivity contribution in [1.29, 1.82) is 0 Å². The van der Waals surface area contributed by atoms with E-state index in [2.05, 4.69) is 10.0 Å². The van der Waals surface area contributed by atoms with E-state index >= 15 is 0 Å². The second-order valence-corrected chi connectivity index (χ2v) is 6.56. The molecule has 0 aliphatic carbocycles. The van der Waals surface area contributed by atoms with E-state index in [1.54, 1.807) is 0 Å². The van der Waals surface area contributed by atoms with Crippen molar-refractivity contribution in [1.82, 2.24) is 10.0 Å². The van der Waals surface area contributed by atoms with Crippen LogP contribution in [-0.2, 0) is 19.6 Å². The first kappa shape index (κ1) is 19.7. The molecule has 9 nitrogen and oxygen atoms in total. The standard InChI is InChI=1S/C14H20N2O7S/c1-9(14(18)19)16-13(17)6-7-15-24(20,21)10-4-5-11(22-2)12(8-10)23-3/h4-5,8-9,15H,6-7H2,1-3H3,(H,16,17)(H,18,19)/t9-/m1/s1. The monoisotopic (exact) mass is 360 g/mol. The Bertz CT molecular complexity index is 703. The highest BCUT2D eigenvalue weighted by atomic mass is 32.2. The SMILES string of the molecule is COc1ccc(S(=O)(=O)NCCC(=O)N[C@H](C)C(=O)O)cc1OC. The lowest BCUT2D eigenvalue weighted by atomic mass is 10.3. The molecule has 1 atom stereocenters. The van der Waals surface area contributed by atoms with Gasteiger partial charge >= 0.3 is 5.97 Å². The quantitative estimate of drug-likeness (QED) is 0.563. The first-order valence-electron chi connectivity index (χ1n) is 6.95. The third-order valence-electron chi connectivity index (χ3n) is 3.06. The van der Waals surface area contributed by atoms with Crippen LogP contribution in [0.1, 0.15) is 13.3 Å². The summed E-state index contributed by atoms with van der Waals surface area (Å²) in [5.41, 5.74) is 0. The van der Waals surface area contributed by atoms with Gasteiger partial charge in [-0.1, -0.05) is 0 Å². The lowest BCUT2D eigenvalue weighted by molar-refractivity contribution is -0.141. The van der Waals surface area contributed by atoms with E-state index in [0.717, 1.165) is 0 Å². The molecule has 0 unspecified atom stereocenters. The average molecular weight is 360 g/mol. The first-order chi connectivity index (χ1) is 11.2. The van der Waals surface area contributed by atoms with Crippen LogP contribution >= 0.6 is 0 Å². The predicted molar refractivity (Wildman–Crippen MR) is 84.6 cm³/mol. The second kappa shape index (κ2) is 8.50. The minimum absolute atomic E-state index is 0.0422. The third kappa shape index (κ3) is 5.39. The van der Waals surface area contributed by atoms with E-state index < -0.39 is 27.9 Å². The molecule has 0 saturated carbocycles. The number of benzene rings is 1. The number of sulfonamides is 1. The van der Waals surface area contributed by atoms with Gasteiger partial charge < -0.3 is 19.9 Å². The molecule has 1 aromatic carbocycles. The molecule has 0 heterocycles. The summed E-state index contributed by atoms with van der Waals surface area (Å²) in [6.45, 7) is 1.14. The highest BCUT2D eigenvalue weighted by Crippen LogP contribution is 2.29. The van der Waals surface area contributed by atoms with Crippen LogP contribution < -0.4 is 19.5 Å². The molecule has 1 aromatic rings. The first-order valence-corrected chi connectivity index (χ1v) is 8.43. The van der Waals surface area contributed by atoms with Gasteiger partial charge in [0.05, 0.1) is 19.1 Å². The van der Waals surface area contributed by atoms with Gasteiger partial charge in [0, 0.05) is 19.0 Å². The van der Waals surface area contributed by atoms with Crippen molar-refractivity contribution >= 4 is 21.9 Å². The zero-order valence-electron chi connectivity index (χ0n) is 13.5. The molecule has 134 valence electrons. The smallest absolute Gasteiger partial charge is 0.325 e. The highest BCUT2D eigenvalue weighted by Gasteiger charge is 2.18. The van der Waals surface area contributed by atoms with Gasteiger partial charge in [-0.2, -0.15) is 0 Å². The number of carboxylic acid groups (broad SMARTS) is 1. The number of hydrogen-bond donors (Lipinski definition) is 3. The number of rotatable bonds is 9. The number of hydrogen-bond acceptors (Lipinski definition) is 6. The Labute approximate surface area is 140 Å². The lowest BCUT2D eigenvalue weighted by Crippen LogP contribution is -2.39. The summed E-state index contributed by atoms with van der Waals surface area (Å²) in [4.78, 5) is 22.1. The van der Waals surface area contributed by atoms with E-state index in [1.807, 2.05) is 0 Å². The molecule has 3 N–H and O–H groups in total. The zero-order valence-corrected chi connectivity index (χ0v) is 14.3. The number of ether oxygens (including phenoxy) is 2. The number of methoxy groups -OCH3 is 2. The highest BCUT2D eigenvalue weighted by molar-refractivity contribution is 7.89. The number of carboxylic acids is 1. The zero-order chi connectivity index (χ0) is 18.3. The summed E-state index contributed by atoms with van der Waals surface area (Å²) in [7, 11) is -1.02. The molecular formula is C14H20N2O7S. The Kier molecular flexibility index (Phi) is 6.98. The summed E-state index contributed by atoms with van der Waals surface area (Å²) in [5.74, 6) is -1.10. The summed E-state index contributed by atoms with van der Waals surface area (Å²) >= 11 is 0. The molecule has 0 spiro atoms. The topological polar surface area (TPSA) is 131 Å². The van der Waals surface area contributed by atoms with E-state index in [-0.39, 0.29) is 23.6 Å². The average Bonchev–Trinajstić information content (AvgIpc) is 2.53. The summed E-state index contributed by atoms with van der Waals surface area (Å²) in [6.07, 6.45) is -0.190. The van der Waals surface area contributed by atoms with Crippen LogP contribution in [-0.4, -0.2) is 52.2 Å². The van der Waals surface area contributed by atoms with E-state index in [9.17, 15) is 18.0 Å². The maximum Gasteiger partial charge on any atom is 0.325 e. The van der Waals surface area contributed by atoms with E-state index in [4.69, 9.17) is 14.6 Å². The maximum absolute atomic E-state index is 12.2. The molecule has 10 heteroatoms. The van der Waals surface area contributed by atoms with Crippen molar-refractivity contribution < 1.29 is 32.6 Å². The summed E-state index contributed by atoms with van der Waals surface area (Å²) < 4.78 is 36.7. The van der Waals surface area contributed by atoms with Gasteiger partial charge in [0.15, 0.2) is 11.5 Å². The molecule has 0 saturated heterocycles. The van der Waals surface area contributed by atoms with Crippen molar-refractivity contribution in [3.8, 4) is 11.5 Å². The molecule has 0 fully saturated rings. The fraction of sp³-hybridized carbons (Fsp3) is 0.429. The Morgan fingerprint density at radius 3 is 2.38 bits per heavy atom. The molecule has 0 bridgehead atoms. The molecule has 1 amide bonds. The fourth-order valence-corrected chi connectivity index (χ4v) is 2.79. The summed E-state index contributed by atoms with van der Waals surface area (Å²) in [6, 6.07) is 3.05. The normalized spacial score (nSPS) is 12.3. The molecule has 0 radical (unpaired) electrons. The minimum atomic E-state index is -3.84. The van der Waals surface area contributed by atoms with Gasteiger partial charge in [-0.3, -0.25) is 9.59 Å². The third-order valence-corrected chi connectivity index (χ3v) is 4.52. The number of aliphatic carboxylic acids is 1. The Hall–Kier alpha value is -2.33. The number of carbonyl (C=O) groups excluding carboxylic acids is 1. The molecule has 0 aromatic heterocycles. The molecule has 24 heavy (non-hydrogen) atoms. The van der Waals surface area contributed by atoms with Gasteiger partial charge in [0.25, 0.3) is 0 Å². The maximum atomic E-state index is 12.2. The van der Waals surface area contributed by atoms with E-state index in [1.165, 1.54) is 39.3 Å². The van der Waals surface area contributed by atoms with Gasteiger partial charge in [-0.05, 0) is 19.1 Å². The van der Waals surface area contributed by atoms with Crippen LogP contribution in [0.2, 0.25) is 0 Å². The van der Waals surface area contributed by atoms with Gasteiger partial charge in [0.1, 0.15) is 6.04 Å². The lowest BCUT2D eigenvalue weighted by Gasteiger charge is -2.12. The molecular weight excluding hydrogens is 340 g/mol. The van der Waals surface area contributed by atoms with Crippen LogP contribution in [0.5, 0.6) is 11.5 Å².